The van der Waals surface area contributed by atoms with Gasteiger partial charge in [0, 0.05) is 16.8 Å². The molecule has 1 N–H and O–H groups in total. The minimum absolute atomic E-state index is 0.0192. The Balaban J connectivity index is 1.78. The number of rotatable bonds is 4. The van der Waals surface area contributed by atoms with Crippen LogP contribution in [-0.2, 0) is 14.8 Å². The minimum Gasteiger partial charge on any atom is -0.377 e. The van der Waals surface area contributed by atoms with Crippen LogP contribution in [-0.4, -0.2) is 26.9 Å². The van der Waals surface area contributed by atoms with Crippen molar-refractivity contribution in [3.8, 4) is 0 Å². The highest BCUT2D eigenvalue weighted by atomic mass is 79.9. The maximum absolute atomic E-state index is 12.1. The van der Waals surface area contributed by atoms with Crippen LogP contribution in [0.25, 0.3) is 10.8 Å². The number of benzene rings is 2. The number of hydrogen-bond acceptors (Lipinski definition) is 3. The Hall–Kier alpha value is -1.11. The van der Waals surface area contributed by atoms with Gasteiger partial charge >= 0.3 is 0 Å². The molecule has 2 aromatic carbocycles. The second-order valence-electron chi connectivity index (χ2n) is 5.22. The first kappa shape index (κ1) is 14.8. The number of sulfonamides is 1. The van der Waals surface area contributed by atoms with Crippen molar-refractivity contribution >= 4 is 42.4 Å². The van der Waals surface area contributed by atoms with Crippen molar-refractivity contribution in [2.45, 2.75) is 18.9 Å². The fourth-order valence-electron chi connectivity index (χ4n) is 2.52. The molecular formula is C15H16BrNO3S. The summed E-state index contributed by atoms with van der Waals surface area (Å²) in [4.78, 5) is 0. The quantitative estimate of drug-likeness (QED) is 0.896. The highest BCUT2D eigenvalue weighted by Gasteiger charge is 2.23. The van der Waals surface area contributed by atoms with Crippen molar-refractivity contribution < 1.29 is 13.2 Å². The third-order valence-electron chi connectivity index (χ3n) is 3.50. The van der Waals surface area contributed by atoms with Crippen LogP contribution >= 0.6 is 15.9 Å². The average molecular weight is 370 g/mol. The van der Waals surface area contributed by atoms with Crippen molar-refractivity contribution in [3.05, 3.63) is 40.9 Å². The molecule has 1 aliphatic heterocycles. The summed E-state index contributed by atoms with van der Waals surface area (Å²) in [5.41, 5.74) is 0.586. The van der Waals surface area contributed by atoms with E-state index in [0.29, 0.717) is 12.3 Å². The Morgan fingerprint density at radius 1 is 1.19 bits per heavy atom. The highest BCUT2D eigenvalue weighted by molar-refractivity contribution is 9.10. The third-order valence-corrected chi connectivity index (χ3v) is 5.36. The van der Waals surface area contributed by atoms with Gasteiger partial charge in [0.1, 0.15) is 0 Å². The predicted molar refractivity (Wildman–Crippen MR) is 88.0 cm³/mol. The number of nitrogens with one attached hydrogen (secondary N) is 1. The number of fused-ring (bicyclic) bond motifs is 1. The standard InChI is InChI=1S/C15H16BrNO3S/c16-13-5-3-12-9-14(6-4-11(12)8-13)17-21(18,19)10-15-2-1-7-20-15/h3-6,8-9,15,17H,1-2,7,10H2. The number of ether oxygens (including phenoxy) is 1. The Labute approximate surface area is 132 Å². The summed E-state index contributed by atoms with van der Waals surface area (Å²) in [6.07, 6.45) is 1.57. The van der Waals surface area contributed by atoms with Crippen molar-refractivity contribution in [3.63, 3.8) is 0 Å². The molecule has 0 aromatic heterocycles. The molecule has 1 heterocycles. The van der Waals surface area contributed by atoms with Crippen LogP contribution in [0.5, 0.6) is 0 Å². The number of hydrogen-bond donors (Lipinski definition) is 1. The zero-order valence-electron chi connectivity index (χ0n) is 11.4. The molecule has 0 saturated carbocycles. The molecule has 0 amide bonds. The normalized spacial score (nSPS) is 19.0. The maximum Gasteiger partial charge on any atom is 0.235 e. The summed E-state index contributed by atoms with van der Waals surface area (Å²) < 4.78 is 33.3. The average Bonchev–Trinajstić information content (AvgIpc) is 2.90. The summed E-state index contributed by atoms with van der Waals surface area (Å²) in [5.74, 6) is 0.0192. The van der Waals surface area contributed by atoms with Gasteiger partial charge in [-0.2, -0.15) is 0 Å². The van der Waals surface area contributed by atoms with Crippen LogP contribution in [0.2, 0.25) is 0 Å². The van der Waals surface area contributed by atoms with E-state index in [0.717, 1.165) is 28.1 Å². The molecular weight excluding hydrogens is 354 g/mol. The molecule has 1 fully saturated rings. The molecule has 0 bridgehead atoms. The van der Waals surface area contributed by atoms with Gasteiger partial charge in [-0.05, 0) is 47.9 Å². The lowest BCUT2D eigenvalue weighted by atomic mass is 10.1. The van der Waals surface area contributed by atoms with E-state index in [-0.39, 0.29) is 11.9 Å². The zero-order chi connectivity index (χ0) is 14.9. The van der Waals surface area contributed by atoms with Gasteiger partial charge in [-0.1, -0.05) is 28.1 Å². The van der Waals surface area contributed by atoms with E-state index in [1.807, 2.05) is 30.3 Å². The maximum atomic E-state index is 12.1. The van der Waals surface area contributed by atoms with Crippen LogP contribution in [0, 0.1) is 0 Å². The number of anilines is 1. The first-order chi connectivity index (χ1) is 10.0. The molecule has 21 heavy (non-hydrogen) atoms. The monoisotopic (exact) mass is 369 g/mol. The molecule has 0 aliphatic carbocycles. The SMILES string of the molecule is O=S(=O)(CC1CCCO1)Nc1ccc2cc(Br)ccc2c1. The van der Waals surface area contributed by atoms with E-state index in [1.54, 1.807) is 6.07 Å². The van der Waals surface area contributed by atoms with Gasteiger partial charge < -0.3 is 4.74 Å². The van der Waals surface area contributed by atoms with Crippen LogP contribution in [0.3, 0.4) is 0 Å². The smallest absolute Gasteiger partial charge is 0.235 e. The van der Waals surface area contributed by atoms with Gasteiger partial charge in [0.25, 0.3) is 0 Å². The van der Waals surface area contributed by atoms with Gasteiger partial charge in [0.05, 0.1) is 11.9 Å². The largest absolute Gasteiger partial charge is 0.377 e. The Morgan fingerprint density at radius 2 is 1.95 bits per heavy atom. The fourth-order valence-corrected chi connectivity index (χ4v) is 4.22. The van der Waals surface area contributed by atoms with E-state index in [2.05, 4.69) is 20.7 Å². The first-order valence-corrected chi connectivity index (χ1v) is 9.28. The summed E-state index contributed by atoms with van der Waals surface area (Å²) in [5, 5.41) is 2.06. The Kier molecular flexibility index (Phi) is 4.19. The topological polar surface area (TPSA) is 55.4 Å². The van der Waals surface area contributed by atoms with Gasteiger partial charge in [0.15, 0.2) is 0 Å². The molecule has 1 atom stereocenters. The van der Waals surface area contributed by atoms with Crippen molar-refractivity contribution in [1.29, 1.82) is 0 Å². The molecule has 1 saturated heterocycles. The highest BCUT2D eigenvalue weighted by Crippen LogP contribution is 2.24. The Morgan fingerprint density at radius 3 is 2.71 bits per heavy atom. The van der Waals surface area contributed by atoms with Gasteiger partial charge in [-0.15, -0.1) is 0 Å². The second-order valence-corrected chi connectivity index (χ2v) is 7.91. The second kappa shape index (κ2) is 5.94. The zero-order valence-corrected chi connectivity index (χ0v) is 13.8. The van der Waals surface area contributed by atoms with Crippen molar-refractivity contribution in [2.24, 2.45) is 0 Å². The van der Waals surface area contributed by atoms with Gasteiger partial charge in [-0.25, -0.2) is 8.42 Å². The van der Waals surface area contributed by atoms with E-state index >= 15 is 0 Å². The molecule has 6 heteroatoms. The summed E-state index contributed by atoms with van der Waals surface area (Å²) in [6, 6.07) is 11.4. The van der Waals surface area contributed by atoms with E-state index in [1.165, 1.54) is 0 Å². The fraction of sp³-hybridized carbons (Fsp3) is 0.333. The van der Waals surface area contributed by atoms with Crippen LogP contribution in [0.15, 0.2) is 40.9 Å². The van der Waals surface area contributed by atoms with E-state index in [4.69, 9.17) is 4.74 Å². The van der Waals surface area contributed by atoms with Gasteiger partial charge in [-0.3, -0.25) is 4.72 Å². The molecule has 0 spiro atoms. The Bertz CT molecular complexity index is 755. The van der Waals surface area contributed by atoms with Crippen LogP contribution in [0.4, 0.5) is 5.69 Å². The van der Waals surface area contributed by atoms with Crippen molar-refractivity contribution in [1.82, 2.24) is 0 Å². The summed E-state index contributed by atoms with van der Waals surface area (Å²) >= 11 is 3.42. The predicted octanol–water partition coefficient (Wildman–Crippen LogP) is 3.52. The summed E-state index contributed by atoms with van der Waals surface area (Å²) in [7, 11) is -3.38. The lowest BCUT2D eigenvalue weighted by Crippen LogP contribution is -2.25. The van der Waals surface area contributed by atoms with Gasteiger partial charge in [0.2, 0.25) is 10.0 Å². The van der Waals surface area contributed by atoms with Crippen LogP contribution < -0.4 is 4.72 Å². The number of halogens is 1. The lowest BCUT2D eigenvalue weighted by Gasteiger charge is -2.12. The first-order valence-electron chi connectivity index (χ1n) is 6.83. The molecule has 1 unspecified atom stereocenters. The molecule has 112 valence electrons. The molecule has 0 radical (unpaired) electrons. The van der Waals surface area contributed by atoms with Crippen LogP contribution in [0.1, 0.15) is 12.8 Å². The lowest BCUT2D eigenvalue weighted by molar-refractivity contribution is 0.127. The molecule has 1 aliphatic rings. The molecule has 3 rings (SSSR count). The third kappa shape index (κ3) is 3.75. The van der Waals surface area contributed by atoms with E-state index in [9.17, 15) is 8.42 Å². The minimum atomic E-state index is -3.38. The molecule has 2 aromatic rings. The van der Waals surface area contributed by atoms with Crippen molar-refractivity contribution in [2.75, 3.05) is 17.1 Å². The van der Waals surface area contributed by atoms with E-state index < -0.39 is 10.0 Å². The summed E-state index contributed by atoms with van der Waals surface area (Å²) in [6.45, 7) is 0.658. The molecule has 4 nitrogen and oxygen atoms in total.